The van der Waals surface area contributed by atoms with Crippen LogP contribution in [0.1, 0.15) is 18.2 Å². The highest BCUT2D eigenvalue weighted by Crippen LogP contribution is 2.28. The van der Waals surface area contributed by atoms with Gasteiger partial charge in [0, 0.05) is 30.7 Å². The molecule has 19 heavy (non-hydrogen) atoms. The monoisotopic (exact) mass is 270 g/mol. The predicted molar refractivity (Wildman–Crippen MR) is 63.7 cm³/mol. The van der Waals surface area contributed by atoms with Gasteiger partial charge in [-0.15, -0.1) is 0 Å². The minimum absolute atomic E-state index is 0.529. The molecule has 0 aliphatic heterocycles. The molecule has 0 aliphatic rings. The molecule has 4 nitrogen and oxygen atoms in total. The summed E-state index contributed by atoms with van der Waals surface area (Å²) in [5.41, 5.74) is 0.478. The Balaban J connectivity index is 2.33. The van der Waals surface area contributed by atoms with Crippen molar-refractivity contribution >= 4 is 0 Å². The molecule has 0 saturated carbocycles. The molecular weight excluding hydrogens is 257 g/mol. The number of halogens is 3. The lowest BCUT2D eigenvalue weighted by Crippen LogP contribution is -2.14. The fourth-order valence-corrected chi connectivity index (χ4v) is 1.65. The summed E-state index contributed by atoms with van der Waals surface area (Å²) in [6.45, 7) is 3.24. The fourth-order valence-electron chi connectivity index (χ4n) is 1.65. The fraction of sp³-hybridized carbons (Fsp3) is 0.333. The van der Waals surface area contributed by atoms with Gasteiger partial charge in [-0.3, -0.25) is 4.98 Å². The van der Waals surface area contributed by atoms with Crippen LogP contribution in [0.15, 0.2) is 30.7 Å². The van der Waals surface area contributed by atoms with Gasteiger partial charge in [-0.05, 0) is 18.7 Å². The molecule has 0 saturated heterocycles. The van der Waals surface area contributed by atoms with Crippen molar-refractivity contribution in [3.63, 3.8) is 0 Å². The summed E-state index contributed by atoms with van der Waals surface area (Å²) in [6, 6.07) is 2.59. The van der Waals surface area contributed by atoms with Gasteiger partial charge in [0.05, 0.1) is 5.69 Å². The average molecular weight is 270 g/mol. The van der Waals surface area contributed by atoms with Crippen molar-refractivity contribution in [2.45, 2.75) is 19.6 Å². The lowest BCUT2D eigenvalue weighted by molar-refractivity contribution is -0.141. The summed E-state index contributed by atoms with van der Waals surface area (Å²) < 4.78 is 38.8. The van der Waals surface area contributed by atoms with Gasteiger partial charge in [0.25, 0.3) is 0 Å². The van der Waals surface area contributed by atoms with Crippen LogP contribution < -0.4 is 5.32 Å². The normalized spacial score (nSPS) is 11.8. The van der Waals surface area contributed by atoms with Crippen LogP contribution >= 0.6 is 0 Å². The SMILES string of the molecule is CCNCc1cnccc1-n1ccc(C(F)(F)F)n1. The third-order valence-corrected chi connectivity index (χ3v) is 2.57. The Morgan fingerprint density at radius 3 is 2.74 bits per heavy atom. The largest absolute Gasteiger partial charge is 0.435 e. The molecule has 102 valence electrons. The van der Waals surface area contributed by atoms with Gasteiger partial charge >= 0.3 is 6.18 Å². The van der Waals surface area contributed by atoms with E-state index in [1.807, 2.05) is 6.92 Å². The van der Waals surface area contributed by atoms with Crippen molar-refractivity contribution in [1.29, 1.82) is 0 Å². The first-order chi connectivity index (χ1) is 9.02. The Morgan fingerprint density at radius 2 is 2.11 bits per heavy atom. The molecule has 0 bridgehead atoms. The summed E-state index contributed by atoms with van der Waals surface area (Å²) in [5.74, 6) is 0. The maximum Gasteiger partial charge on any atom is 0.435 e. The highest BCUT2D eigenvalue weighted by molar-refractivity contribution is 5.38. The molecule has 0 spiro atoms. The van der Waals surface area contributed by atoms with Crippen molar-refractivity contribution in [1.82, 2.24) is 20.1 Å². The van der Waals surface area contributed by atoms with E-state index in [4.69, 9.17) is 0 Å². The Hall–Kier alpha value is -1.89. The van der Waals surface area contributed by atoms with E-state index in [1.54, 1.807) is 12.3 Å². The number of nitrogens with one attached hydrogen (secondary N) is 1. The highest BCUT2D eigenvalue weighted by atomic mass is 19.4. The van der Waals surface area contributed by atoms with E-state index in [-0.39, 0.29) is 0 Å². The number of rotatable bonds is 4. The van der Waals surface area contributed by atoms with E-state index >= 15 is 0 Å². The van der Waals surface area contributed by atoms with Crippen LogP contribution in [0, 0.1) is 0 Å². The number of aromatic nitrogens is 3. The van der Waals surface area contributed by atoms with Crippen LogP contribution in [0.4, 0.5) is 13.2 Å². The Labute approximate surface area is 108 Å². The number of alkyl halides is 3. The quantitative estimate of drug-likeness (QED) is 0.927. The standard InChI is InChI=1S/C12H13F3N4/c1-2-16-7-9-8-17-5-3-10(9)19-6-4-11(18-19)12(13,14)15/h3-6,8,16H,2,7H2,1H3. The molecule has 0 atom stereocenters. The molecular formula is C12H13F3N4. The number of hydrogen-bond acceptors (Lipinski definition) is 3. The zero-order chi connectivity index (χ0) is 13.9. The van der Waals surface area contributed by atoms with E-state index in [2.05, 4.69) is 15.4 Å². The smallest absolute Gasteiger partial charge is 0.313 e. The zero-order valence-corrected chi connectivity index (χ0v) is 10.3. The van der Waals surface area contributed by atoms with E-state index in [0.29, 0.717) is 12.2 Å². The van der Waals surface area contributed by atoms with Gasteiger partial charge in [0.15, 0.2) is 5.69 Å². The lowest BCUT2D eigenvalue weighted by atomic mass is 10.2. The van der Waals surface area contributed by atoms with Gasteiger partial charge < -0.3 is 5.32 Å². The van der Waals surface area contributed by atoms with Crippen LogP contribution in [0.25, 0.3) is 5.69 Å². The van der Waals surface area contributed by atoms with Crippen LogP contribution in [0.3, 0.4) is 0 Å². The summed E-state index contributed by atoms with van der Waals surface area (Å²) >= 11 is 0. The second-order valence-corrected chi connectivity index (χ2v) is 3.93. The number of hydrogen-bond donors (Lipinski definition) is 1. The minimum Gasteiger partial charge on any atom is -0.313 e. The van der Waals surface area contributed by atoms with E-state index < -0.39 is 11.9 Å². The van der Waals surface area contributed by atoms with Gasteiger partial charge in [0.2, 0.25) is 0 Å². The summed E-state index contributed by atoms with van der Waals surface area (Å²) in [6.07, 6.45) is 0.0143. The average Bonchev–Trinajstić information content (AvgIpc) is 2.86. The first-order valence-corrected chi connectivity index (χ1v) is 5.79. The molecule has 7 heteroatoms. The summed E-state index contributed by atoms with van der Waals surface area (Å²) in [7, 11) is 0. The molecule has 2 aromatic rings. The molecule has 2 rings (SSSR count). The molecule has 2 aromatic heterocycles. The Kier molecular flexibility index (Phi) is 3.84. The van der Waals surface area contributed by atoms with Crippen LogP contribution in [-0.2, 0) is 12.7 Å². The molecule has 0 aliphatic carbocycles. The molecule has 0 fully saturated rings. The van der Waals surface area contributed by atoms with Crippen molar-refractivity contribution in [3.8, 4) is 5.69 Å². The summed E-state index contributed by atoms with van der Waals surface area (Å²) in [4.78, 5) is 3.98. The molecule has 0 unspecified atom stereocenters. The maximum absolute atomic E-state index is 12.5. The molecule has 2 heterocycles. The minimum atomic E-state index is -4.43. The molecule has 1 N–H and O–H groups in total. The second-order valence-electron chi connectivity index (χ2n) is 3.93. The third-order valence-electron chi connectivity index (χ3n) is 2.57. The lowest BCUT2D eigenvalue weighted by Gasteiger charge is -2.09. The number of pyridine rings is 1. The number of nitrogens with zero attached hydrogens (tertiary/aromatic N) is 3. The molecule has 0 amide bonds. The second kappa shape index (κ2) is 5.40. The van der Waals surface area contributed by atoms with Crippen molar-refractivity contribution in [2.75, 3.05) is 6.54 Å². The van der Waals surface area contributed by atoms with E-state index in [1.165, 1.54) is 17.1 Å². The first-order valence-electron chi connectivity index (χ1n) is 5.79. The van der Waals surface area contributed by atoms with Crippen molar-refractivity contribution in [2.24, 2.45) is 0 Å². The predicted octanol–water partition coefficient (Wildman–Crippen LogP) is 2.40. The van der Waals surface area contributed by atoms with Gasteiger partial charge in [0.1, 0.15) is 0 Å². The van der Waals surface area contributed by atoms with Crippen LogP contribution in [-0.4, -0.2) is 21.3 Å². The third kappa shape index (κ3) is 3.11. The van der Waals surface area contributed by atoms with Gasteiger partial charge in [-0.1, -0.05) is 6.92 Å². The first kappa shape index (κ1) is 13.5. The zero-order valence-electron chi connectivity index (χ0n) is 10.3. The summed E-state index contributed by atoms with van der Waals surface area (Å²) in [5, 5.41) is 6.67. The molecule has 0 radical (unpaired) electrons. The maximum atomic E-state index is 12.5. The topological polar surface area (TPSA) is 42.7 Å². The Bertz CT molecular complexity index is 548. The van der Waals surface area contributed by atoms with Crippen LogP contribution in [0.5, 0.6) is 0 Å². The van der Waals surface area contributed by atoms with Crippen molar-refractivity contribution in [3.05, 3.63) is 42.0 Å². The van der Waals surface area contributed by atoms with Crippen LogP contribution in [0.2, 0.25) is 0 Å². The highest BCUT2D eigenvalue weighted by Gasteiger charge is 2.33. The Morgan fingerprint density at radius 1 is 1.32 bits per heavy atom. The molecule has 0 aromatic carbocycles. The van der Waals surface area contributed by atoms with E-state index in [9.17, 15) is 13.2 Å². The van der Waals surface area contributed by atoms with Gasteiger partial charge in [-0.2, -0.15) is 18.3 Å². The van der Waals surface area contributed by atoms with Gasteiger partial charge in [-0.25, -0.2) is 4.68 Å². The van der Waals surface area contributed by atoms with Crippen molar-refractivity contribution < 1.29 is 13.2 Å². The van der Waals surface area contributed by atoms with E-state index in [0.717, 1.165) is 18.2 Å².